The van der Waals surface area contributed by atoms with Crippen LogP contribution in [-0.4, -0.2) is 18.3 Å². The molecule has 3 nitrogen and oxygen atoms in total. The lowest BCUT2D eigenvalue weighted by Gasteiger charge is -2.11. The van der Waals surface area contributed by atoms with Crippen LogP contribution in [0.15, 0.2) is 48.5 Å². The van der Waals surface area contributed by atoms with Gasteiger partial charge in [0.1, 0.15) is 12.4 Å². The molecule has 0 radical (unpaired) electrons. The maximum atomic E-state index is 5.83. The van der Waals surface area contributed by atoms with Gasteiger partial charge in [0.05, 0.1) is 6.54 Å². The van der Waals surface area contributed by atoms with Crippen molar-refractivity contribution < 1.29 is 4.74 Å². The highest BCUT2D eigenvalue weighted by molar-refractivity contribution is 7.80. The van der Waals surface area contributed by atoms with Gasteiger partial charge >= 0.3 is 0 Å². The Morgan fingerprint density at radius 2 is 1.76 bits per heavy atom. The van der Waals surface area contributed by atoms with Crippen LogP contribution in [0.25, 0.3) is 0 Å². The number of ether oxygens (including phenoxy) is 1. The van der Waals surface area contributed by atoms with Crippen molar-refractivity contribution >= 4 is 34.6 Å². The first kappa shape index (κ1) is 15.6. The molecular weight excluding hydrogens is 304 g/mol. The lowest BCUT2D eigenvalue weighted by molar-refractivity contribution is 0.322. The van der Waals surface area contributed by atoms with Crippen molar-refractivity contribution in [1.29, 1.82) is 0 Å². The van der Waals surface area contributed by atoms with Crippen molar-refractivity contribution in [3.63, 3.8) is 0 Å². The minimum Gasteiger partial charge on any atom is -0.492 e. The number of rotatable bonds is 5. The van der Waals surface area contributed by atoms with E-state index in [1.54, 1.807) is 0 Å². The summed E-state index contributed by atoms with van der Waals surface area (Å²) in [6.07, 6.45) is 0. The molecule has 110 valence electrons. The second-order valence-corrected chi connectivity index (χ2v) is 5.39. The zero-order valence-corrected chi connectivity index (χ0v) is 13.3. The monoisotopic (exact) mass is 320 g/mol. The first-order valence-electron chi connectivity index (χ1n) is 6.63. The normalized spacial score (nSPS) is 10.0. The molecular formula is C16H17ClN2OS. The fourth-order valence-electron chi connectivity index (χ4n) is 1.68. The average molecular weight is 321 g/mol. The molecule has 21 heavy (non-hydrogen) atoms. The Hall–Kier alpha value is -1.78. The van der Waals surface area contributed by atoms with Gasteiger partial charge < -0.3 is 15.4 Å². The quantitative estimate of drug-likeness (QED) is 0.644. The fourth-order valence-corrected chi connectivity index (χ4v) is 2.02. The van der Waals surface area contributed by atoms with Crippen LogP contribution in [0.2, 0.25) is 5.02 Å². The molecule has 0 amide bonds. The summed E-state index contributed by atoms with van der Waals surface area (Å²) in [6, 6.07) is 15.3. The second-order valence-electron chi connectivity index (χ2n) is 4.55. The highest BCUT2D eigenvalue weighted by Gasteiger charge is 1.98. The molecule has 0 saturated heterocycles. The average Bonchev–Trinajstić information content (AvgIpc) is 2.48. The van der Waals surface area contributed by atoms with E-state index in [1.165, 1.54) is 5.56 Å². The van der Waals surface area contributed by atoms with Gasteiger partial charge in [-0.1, -0.05) is 29.3 Å². The largest absolute Gasteiger partial charge is 0.492 e. The lowest BCUT2D eigenvalue weighted by atomic mass is 10.2. The van der Waals surface area contributed by atoms with E-state index in [0.717, 1.165) is 11.4 Å². The lowest BCUT2D eigenvalue weighted by Crippen LogP contribution is -2.31. The SMILES string of the molecule is Cc1ccc(OCCNC(=S)Nc2ccc(Cl)cc2)cc1. The van der Waals surface area contributed by atoms with Gasteiger partial charge in [0.2, 0.25) is 0 Å². The Morgan fingerprint density at radius 1 is 1.10 bits per heavy atom. The molecule has 0 spiro atoms. The molecule has 5 heteroatoms. The van der Waals surface area contributed by atoms with Crippen LogP contribution in [0.3, 0.4) is 0 Å². The van der Waals surface area contributed by atoms with Crippen molar-refractivity contribution in [2.45, 2.75) is 6.92 Å². The molecule has 2 N–H and O–H groups in total. The number of anilines is 1. The molecule has 0 fully saturated rings. The molecule has 0 aliphatic rings. The first-order chi connectivity index (χ1) is 10.1. The number of halogens is 1. The smallest absolute Gasteiger partial charge is 0.170 e. The summed E-state index contributed by atoms with van der Waals surface area (Å²) in [5.41, 5.74) is 2.12. The topological polar surface area (TPSA) is 33.3 Å². The van der Waals surface area contributed by atoms with Crippen LogP contribution in [0.4, 0.5) is 5.69 Å². The molecule has 0 heterocycles. The molecule has 0 saturated carbocycles. The standard InChI is InChI=1S/C16H17ClN2OS/c1-12-2-8-15(9-3-12)20-11-10-18-16(21)19-14-6-4-13(17)5-7-14/h2-9H,10-11H2,1H3,(H2,18,19,21). The maximum Gasteiger partial charge on any atom is 0.170 e. The zero-order chi connectivity index (χ0) is 15.1. The van der Waals surface area contributed by atoms with E-state index in [0.29, 0.717) is 23.3 Å². The number of hydrogen-bond donors (Lipinski definition) is 2. The first-order valence-corrected chi connectivity index (χ1v) is 7.42. The van der Waals surface area contributed by atoms with Gasteiger partial charge in [-0.3, -0.25) is 0 Å². The summed E-state index contributed by atoms with van der Waals surface area (Å²) in [5, 5.41) is 7.43. The highest BCUT2D eigenvalue weighted by atomic mass is 35.5. The van der Waals surface area contributed by atoms with Crippen LogP contribution in [-0.2, 0) is 0 Å². The van der Waals surface area contributed by atoms with Crippen molar-refractivity contribution in [2.75, 3.05) is 18.5 Å². The zero-order valence-electron chi connectivity index (χ0n) is 11.7. The fraction of sp³-hybridized carbons (Fsp3) is 0.188. The molecule has 0 aliphatic carbocycles. The predicted octanol–water partition coefficient (Wildman–Crippen LogP) is 4.01. The van der Waals surface area contributed by atoms with E-state index in [9.17, 15) is 0 Å². The van der Waals surface area contributed by atoms with E-state index in [1.807, 2.05) is 55.5 Å². The number of benzene rings is 2. The van der Waals surface area contributed by atoms with E-state index in [-0.39, 0.29) is 0 Å². The van der Waals surface area contributed by atoms with Crippen molar-refractivity contribution in [3.05, 3.63) is 59.1 Å². The van der Waals surface area contributed by atoms with Crippen LogP contribution < -0.4 is 15.4 Å². The minimum atomic E-state index is 0.547. The van der Waals surface area contributed by atoms with E-state index >= 15 is 0 Å². The molecule has 0 atom stereocenters. The van der Waals surface area contributed by atoms with E-state index in [4.69, 9.17) is 28.6 Å². The Kier molecular flexibility index (Phi) is 5.84. The van der Waals surface area contributed by atoms with Gasteiger partial charge in [-0.15, -0.1) is 0 Å². The third-order valence-corrected chi connectivity index (χ3v) is 3.28. The Bertz CT molecular complexity index is 584. The second kappa shape index (κ2) is 7.86. The molecule has 0 unspecified atom stereocenters. The van der Waals surface area contributed by atoms with Crippen LogP contribution in [0.5, 0.6) is 5.75 Å². The minimum absolute atomic E-state index is 0.547. The third kappa shape index (κ3) is 5.61. The molecule has 2 aromatic carbocycles. The van der Waals surface area contributed by atoms with Crippen molar-refractivity contribution in [3.8, 4) is 5.75 Å². The molecule has 2 aromatic rings. The highest BCUT2D eigenvalue weighted by Crippen LogP contribution is 2.13. The number of hydrogen-bond acceptors (Lipinski definition) is 2. The maximum absolute atomic E-state index is 5.83. The Balaban J connectivity index is 1.67. The van der Waals surface area contributed by atoms with Gasteiger partial charge in [0, 0.05) is 10.7 Å². The van der Waals surface area contributed by atoms with Crippen LogP contribution in [0.1, 0.15) is 5.56 Å². The number of nitrogens with one attached hydrogen (secondary N) is 2. The van der Waals surface area contributed by atoms with Crippen LogP contribution >= 0.6 is 23.8 Å². The molecule has 2 rings (SSSR count). The Morgan fingerprint density at radius 3 is 2.43 bits per heavy atom. The predicted molar refractivity (Wildman–Crippen MR) is 92.3 cm³/mol. The van der Waals surface area contributed by atoms with E-state index < -0.39 is 0 Å². The van der Waals surface area contributed by atoms with Gasteiger partial charge in [-0.25, -0.2) is 0 Å². The summed E-state index contributed by atoms with van der Waals surface area (Å²) >= 11 is 11.0. The summed E-state index contributed by atoms with van der Waals surface area (Å²) in [7, 11) is 0. The summed E-state index contributed by atoms with van der Waals surface area (Å²) in [4.78, 5) is 0. The summed E-state index contributed by atoms with van der Waals surface area (Å²) < 4.78 is 5.61. The summed E-state index contributed by atoms with van der Waals surface area (Å²) in [5.74, 6) is 0.860. The number of aryl methyl sites for hydroxylation is 1. The van der Waals surface area contributed by atoms with Crippen LogP contribution in [0, 0.1) is 6.92 Å². The van der Waals surface area contributed by atoms with Gasteiger partial charge in [-0.2, -0.15) is 0 Å². The molecule has 0 aromatic heterocycles. The molecule has 0 bridgehead atoms. The Labute approximate surface area is 135 Å². The van der Waals surface area contributed by atoms with Crippen molar-refractivity contribution in [1.82, 2.24) is 5.32 Å². The van der Waals surface area contributed by atoms with Gasteiger partial charge in [-0.05, 0) is 55.5 Å². The summed E-state index contributed by atoms with van der Waals surface area (Å²) in [6.45, 7) is 3.23. The third-order valence-electron chi connectivity index (χ3n) is 2.78. The van der Waals surface area contributed by atoms with Gasteiger partial charge in [0.15, 0.2) is 5.11 Å². The molecule has 0 aliphatic heterocycles. The number of thiocarbonyl (C=S) groups is 1. The van der Waals surface area contributed by atoms with Gasteiger partial charge in [0.25, 0.3) is 0 Å². The van der Waals surface area contributed by atoms with E-state index in [2.05, 4.69) is 10.6 Å². The van der Waals surface area contributed by atoms with Crippen molar-refractivity contribution in [2.24, 2.45) is 0 Å².